The van der Waals surface area contributed by atoms with Crippen LogP contribution in [0.1, 0.15) is 33.1 Å². The Morgan fingerprint density at radius 1 is 1.10 bits per heavy atom. The number of rotatable bonds is 6. The molecule has 3 aliphatic rings. The van der Waals surface area contributed by atoms with Crippen molar-refractivity contribution in [3.05, 3.63) is 30.1 Å². The Bertz CT molecular complexity index is 856. The molecule has 1 aromatic rings. The van der Waals surface area contributed by atoms with Gasteiger partial charge in [0.1, 0.15) is 11.9 Å². The van der Waals surface area contributed by atoms with Crippen LogP contribution in [0.2, 0.25) is 0 Å². The molecule has 5 atom stereocenters. The van der Waals surface area contributed by atoms with E-state index in [0.717, 1.165) is 24.2 Å². The molecule has 8 heteroatoms. The molecule has 1 N–H and O–H groups in total. The molecule has 1 aromatic carbocycles. The number of hydrogen-bond acceptors (Lipinski definition) is 5. The van der Waals surface area contributed by atoms with E-state index in [2.05, 4.69) is 5.32 Å². The summed E-state index contributed by atoms with van der Waals surface area (Å²) in [6, 6.07) is 4.13. The van der Waals surface area contributed by atoms with E-state index >= 15 is 0 Å². The Morgan fingerprint density at radius 3 is 2.20 bits per heavy atom. The number of carbonyl (C=O) groups is 4. The molecular formula is C22H25FN2O5. The number of ether oxygens (including phenoxy) is 1. The summed E-state index contributed by atoms with van der Waals surface area (Å²) in [5, 5.41) is 2.50. The fourth-order valence-electron chi connectivity index (χ4n) is 5.33. The molecule has 0 unspecified atom stereocenters. The van der Waals surface area contributed by atoms with Gasteiger partial charge in [0.15, 0.2) is 6.61 Å². The lowest BCUT2D eigenvalue weighted by atomic mass is 9.81. The third-order valence-electron chi connectivity index (χ3n) is 6.59. The van der Waals surface area contributed by atoms with Crippen LogP contribution in [0.4, 0.5) is 10.1 Å². The SMILES string of the molecule is CC(C)[C@@H](C(=O)OCC(=O)Nc1ccc(F)cc1)N1C(=O)[C@H]2[C@@H]3CC[C@H](C3)[C@@H]2C1=O. The predicted octanol–water partition coefficient (Wildman–Crippen LogP) is 2.36. The number of imide groups is 1. The maximum atomic E-state index is 13.0. The van der Waals surface area contributed by atoms with Gasteiger partial charge < -0.3 is 10.1 Å². The van der Waals surface area contributed by atoms with Crippen molar-refractivity contribution in [2.75, 3.05) is 11.9 Å². The summed E-state index contributed by atoms with van der Waals surface area (Å²) >= 11 is 0. The second-order valence-corrected chi connectivity index (χ2v) is 8.78. The lowest BCUT2D eigenvalue weighted by Crippen LogP contribution is -2.50. The first-order chi connectivity index (χ1) is 14.3. The lowest BCUT2D eigenvalue weighted by Gasteiger charge is -2.28. The van der Waals surface area contributed by atoms with E-state index in [9.17, 15) is 23.6 Å². The van der Waals surface area contributed by atoms with Crippen LogP contribution in [0.25, 0.3) is 0 Å². The molecule has 0 radical (unpaired) electrons. The van der Waals surface area contributed by atoms with Gasteiger partial charge in [-0.15, -0.1) is 0 Å². The highest BCUT2D eigenvalue weighted by molar-refractivity contribution is 6.08. The second-order valence-electron chi connectivity index (χ2n) is 8.78. The van der Waals surface area contributed by atoms with Crippen LogP contribution >= 0.6 is 0 Å². The molecular weight excluding hydrogens is 391 g/mol. The van der Waals surface area contributed by atoms with E-state index in [-0.39, 0.29) is 41.4 Å². The number of benzene rings is 1. The molecule has 2 aliphatic carbocycles. The molecule has 160 valence electrons. The van der Waals surface area contributed by atoms with E-state index in [1.54, 1.807) is 13.8 Å². The van der Waals surface area contributed by atoms with Crippen molar-refractivity contribution in [3.63, 3.8) is 0 Å². The first kappa shape index (κ1) is 20.5. The zero-order valence-electron chi connectivity index (χ0n) is 17.0. The summed E-state index contributed by atoms with van der Waals surface area (Å²) in [4.78, 5) is 52.0. The Hall–Kier alpha value is -2.77. The molecule has 2 bridgehead atoms. The van der Waals surface area contributed by atoms with E-state index < -0.39 is 30.3 Å². The molecule has 1 heterocycles. The molecule has 0 spiro atoms. The zero-order valence-corrected chi connectivity index (χ0v) is 17.0. The molecule has 2 saturated carbocycles. The molecule has 3 fully saturated rings. The molecule has 1 aliphatic heterocycles. The average molecular weight is 416 g/mol. The number of amides is 3. The van der Waals surface area contributed by atoms with Gasteiger partial charge >= 0.3 is 5.97 Å². The van der Waals surface area contributed by atoms with E-state index in [4.69, 9.17) is 4.74 Å². The number of nitrogens with zero attached hydrogens (tertiary/aromatic N) is 1. The van der Waals surface area contributed by atoms with Gasteiger partial charge in [0.05, 0.1) is 11.8 Å². The first-order valence-corrected chi connectivity index (χ1v) is 10.4. The minimum atomic E-state index is -1.05. The van der Waals surface area contributed by atoms with Gasteiger partial charge in [-0.1, -0.05) is 13.8 Å². The van der Waals surface area contributed by atoms with Gasteiger partial charge in [-0.05, 0) is 61.3 Å². The molecule has 30 heavy (non-hydrogen) atoms. The number of halogens is 1. The summed E-state index contributed by atoms with van der Waals surface area (Å²) < 4.78 is 18.1. The zero-order chi connectivity index (χ0) is 21.6. The molecule has 4 rings (SSSR count). The van der Waals surface area contributed by atoms with Crippen molar-refractivity contribution < 1.29 is 28.3 Å². The third-order valence-corrected chi connectivity index (χ3v) is 6.59. The summed E-state index contributed by atoms with van der Waals surface area (Å²) in [6.07, 6.45) is 2.83. The summed E-state index contributed by atoms with van der Waals surface area (Å²) in [6.45, 7) is 2.93. The van der Waals surface area contributed by atoms with Crippen LogP contribution in [0.3, 0.4) is 0 Å². The normalized spacial score (nSPS) is 28.1. The maximum Gasteiger partial charge on any atom is 0.330 e. The van der Waals surface area contributed by atoms with Crippen LogP contribution in [0.15, 0.2) is 24.3 Å². The standard InChI is InChI=1S/C22H25FN2O5/c1-11(2)19(22(29)30-10-16(26)24-15-7-5-14(23)6-8-15)25-20(27)17-12-3-4-13(9-12)18(17)21(25)28/h5-8,11-13,17-19H,3-4,9-10H2,1-2H3,(H,24,26)/t12-,13-,17+,18+,19+/m1/s1. The molecule has 1 saturated heterocycles. The second kappa shape index (κ2) is 7.81. The van der Waals surface area contributed by atoms with Crippen LogP contribution in [0, 0.1) is 35.4 Å². The van der Waals surface area contributed by atoms with Gasteiger partial charge in [-0.2, -0.15) is 0 Å². The smallest absolute Gasteiger partial charge is 0.330 e. The lowest BCUT2D eigenvalue weighted by molar-refractivity contribution is -0.162. The van der Waals surface area contributed by atoms with Gasteiger partial charge in [0.25, 0.3) is 5.91 Å². The van der Waals surface area contributed by atoms with Crippen molar-refractivity contribution in [2.45, 2.75) is 39.2 Å². The third kappa shape index (κ3) is 3.48. The largest absolute Gasteiger partial charge is 0.454 e. The fraction of sp³-hybridized carbons (Fsp3) is 0.545. The van der Waals surface area contributed by atoms with Gasteiger partial charge in [-0.3, -0.25) is 19.3 Å². The number of likely N-dealkylation sites (tertiary alicyclic amines) is 1. The average Bonchev–Trinajstić information content (AvgIpc) is 3.38. The number of carbonyl (C=O) groups excluding carboxylic acids is 4. The highest BCUT2D eigenvalue weighted by atomic mass is 19.1. The Morgan fingerprint density at radius 2 is 1.67 bits per heavy atom. The van der Waals surface area contributed by atoms with E-state index in [1.807, 2.05) is 0 Å². The highest BCUT2D eigenvalue weighted by Gasteiger charge is 2.62. The summed E-state index contributed by atoms with van der Waals surface area (Å²) in [5.41, 5.74) is 0.367. The molecule has 3 amide bonds. The van der Waals surface area contributed by atoms with Gasteiger partial charge in [0, 0.05) is 5.69 Å². The number of anilines is 1. The number of hydrogen-bond donors (Lipinski definition) is 1. The fourth-order valence-corrected chi connectivity index (χ4v) is 5.33. The highest BCUT2D eigenvalue weighted by Crippen LogP contribution is 2.56. The van der Waals surface area contributed by atoms with Crippen LogP contribution in [-0.4, -0.2) is 41.2 Å². The monoisotopic (exact) mass is 416 g/mol. The maximum absolute atomic E-state index is 13.0. The van der Waals surface area contributed by atoms with Crippen LogP contribution in [-0.2, 0) is 23.9 Å². The summed E-state index contributed by atoms with van der Waals surface area (Å²) in [5.74, 6) is -2.86. The topological polar surface area (TPSA) is 92.8 Å². The van der Waals surface area contributed by atoms with Crippen molar-refractivity contribution in [3.8, 4) is 0 Å². The molecule has 7 nitrogen and oxygen atoms in total. The van der Waals surface area contributed by atoms with Crippen molar-refractivity contribution in [1.29, 1.82) is 0 Å². The molecule has 0 aromatic heterocycles. The number of fused-ring (bicyclic) bond motifs is 5. The minimum Gasteiger partial charge on any atom is -0.454 e. The van der Waals surface area contributed by atoms with Crippen molar-refractivity contribution in [2.24, 2.45) is 29.6 Å². The van der Waals surface area contributed by atoms with Crippen LogP contribution in [0.5, 0.6) is 0 Å². The number of esters is 1. The van der Waals surface area contributed by atoms with E-state index in [1.165, 1.54) is 24.3 Å². The Labute approximate surface area is 173 Å². The number of nitrogens with one attached hydrogen (secondary N) is 1. The quantitative estimate of drug-likeness (QED) is 0.568. The van der Waals surface area contributed by atoms with Gasteiger partial charge in [-0.25, -0.2) is 9.18 Å². The Kier molecular flexibility index (Phi) is 5.34. The minimum absolute atomic E-state index is 0.228. The predicted molar refractivity (Wildman–Crippen MR) is 104 cm³/mol. The van der Waals surface area contributed by atoms with Crippen LogP contribution < -0.4 is 5.32 Å². The first-order valence-electron chi connectivity index (χ1n) is 10.4. The van der Waals surface area contributed by atoms with Gasteiger partial charge in [0.2, 0.25) is 11.8 Å². The van der Waals surface area contributed by atoms with E-state index in [0.29, 0.717) is 5.69 Å². The Balaban J connectivity index is 1.41. The summed E-state index contributed by atoms with van der Waals surface area (Å²) in [7, 11) is 0. The van der Waals surface area contributed by atoms with Crippen molar-refractivity contribution in [1.82, 2.24) is 4.90 Å². The van der Waals surface area contributed by atoms with Crippen molar-refractivity contribution >= 4 is 29.4 Å².